The van der Waals surface area contributed by atoms with Crippen LogP contribution in [0.4, 0.5) is 34.8 Å². The Morgan fingerprint density at radius 2 is 1.69 bits per heavy atom. The summed E-state index contributed by atoms with van der Waals surface area (Å²) >= 11 is 1.98. The molecule has 0 atom stereocenters. The normalized spacial score (nSPS) is 13.2. The van der Waals surface area contributed by atoms with Gasteiger partial charge in [-0.1, -0.05) is 6.07 Å². The summed E-state index contributed by atoms with van der Waals surface area (Å²) in [5, 5.41) is 10.1. The van der Waals surface area contributed by atoms with E-state index < -0.39 is 44.8 Å². The predicted octanol–water partition coefficient (Wildman–Crippen LogP) is 3.99. The third kappa shape index (κ3) is 7.21. The molecular weight excluding hydrogens is 741 g/mol. The molecule has 5 rings (SSSR count). The highest BCUT2D eigenvalue weighted by atomic mass is 127. The highest BCUT2D eigenvalue weighted by Crippen LogP contribution is 2.34. The van der Waals surface area contributed by atoms with Gasteiger partial charge >= 0.3 is 17.8 Å². The van der Waals surface area contributed by atoms with Crippen LogP contribution in [0.25, 0.3) is 16.6 Å². The van der Waals surface area contributed by atoms with Crippen LogP contribution in [0.5, 0.6) is 0 Å². The average Bonchev–Trinajstić information content (AvgIpc) is 3.75. The number of carboxylic acids is 1. The fourth-order valence-electron chi connectivity index (χ4n) is 4.50. The van der Waals surface area contributed by atoms with Crippen LogP contribution >= 0.6 is 22.6 Å². The van der Waals surface area contributed by atoms with E-state index in [1.807, 2.05) is 22.6 Å². The standard InChI is InChI=1S/C25H23FIN5O5S.C2HF3O2/c1-13-21-20(22(30(2)23(13)33)28-19-10-7-14(27)11-18(19)26)24(34)32(16-8-9-16)25(35)31(21)17-6-4-5-15(12-17)29-38(3,36)37;3-2(4,5)1(6)7/h4-7,10-12,16,28-29H,8-9H2,1-3H3;(H,6,7). The molecule has 4 aromatic rings. The molecular formula is C27H24F4IN5O7S. The Hall–Kier alpha value is -4.20. The lowest BCUT2D eigenvalue weighted by atomic mass is 10.1. The summed E-state index contributed by atoms with van der Waals surface area (Å²) in [5.74, 6) is -3.30. The first-order valence-electron chi connectivity index (χ1n) is 12.8. The molecule has 2 aromatic carbocycles. The first kappa shape index (κ1) is 33.7. The number of pyridine rings is 1. The van der Waals surface area contributed by atoms with Gasteiger partial charge in [0.2, 0.25) is 10.0 Å². The van der Waals surface area contributed by atoms with Crippen molar-refractivity contribution in [2.75, 3.05) is 16.3 Å². The predicted molar refractivity (Wildman–Crippen MR) is 167 cm³/mol. The Balaban J connectivity index is 0.000000591. The first-order valence-corrected chi connectivity index (χ1v) is 15.8. The number of carbonyl (C=O) groups is 1. The number of aryl methyl sites for hydroxylation is 1. The zero-order chi connectivity index (χ0) is 33.6. The highest BCUT2D eigenvalue weighted by Gasteiger charge is 2.38. The molecule has 1 fully saturated rings. The number of alkyl halides is 3. The lowest BCUT2D eigenvalue weighted by Crippen LogP contribution is -2.41. The minimum atomic E-state index is -5.08. The van der Waals surface area contributed by atoms with Crippen LogP contribution < -0.4 is 26.8 Å². The number of hydrogen-bond acceptors (Lipinski definition) is 7. The van der Waals surface area contributed by atoms with Crippen LogP contribution in [0.3, 0.4) is 0 Å². The number of sulfonamides is 1. The molecule has 1 aliphatic rings. The molecule has 3 N–H and O–H groups in total. The van der Waals surface area contributed by atoms with Crippen molar-refractivity contribution in [1.29, 1.82) is 0 Å². The second-order valence-electron chi connectivity index (χ2n) is 10.1. The molecule has 45 heavy (non-hydrogen) atoms. The van der Waals surface area contributed by atoms with Gasteiger partial charge in [-0.25, -0.2) is 22.4 Å². The summed E-state index contributed by atoms with van der Waals surface area (Å²) in [7, 11) is -2.14. The smallest absolute Gasteiger partial charge is 0.475 e. The van der Waals surface area contributed by atoms with E-state index in [0.29, 0.717) is 16.4 Å². The summed E-state index contributed by atoms with van der Waals surface area (Å²) < 4.78 is 76.8. The number of nitrogens with zero attached hydrogens (tertiary/aromatic N) is 3. The Labute approximate surface area is 265 Å². The Kier molecular flexibility index (Phi) is 9.21. The number of fused-ring (bicyclic) bond motifs is 1. The van der Waals surface area contributed by atoms with Gasteiger partial charge in [0.15, 0.2) is 0 Å². The number of halogens is 5. The number of hydrogen-bond donors (Lipinski definition) is 3. The molecule has 1 saturated carbocycles. The van der Waals surface area contributed by atoms with Gasteiger partial charge in [0, 0.05) is 22.2 Å². The van der Waals surface area contributed by atoms with Crippen LogP contribution in [0, 0.1) is 16.3 Å². The van der Waals surface area contributed by atoms with Crippen LogP contribution in [0.1, 0.15) is 24.4 Å². The molecule has 240 valence electrons. The number of aromatic nitrogens is 3. The van der Waals surface area contributed by atoms with Crippen molar-refractivity contribution in [1.82, 2.24) is 13.7 Å². The Morgan fingerprint density at radius 3 is 2.22 bits per heavy atom. The maximum absolute atomic E-state index is 14.8. The van der Waals surface area contributed by atoms with Gasteiger partial charge in [-0.15, -0.1) is 0 Å². The Morgan fingerprint density at radius 1 is 1.07 bits per heavy atom. The quantitative estimate of drug-likeness (QED) is 0.196. The molecule has 0 amide bonds. The molecule has 2 heterocycles. The number of benzene rings is 2. The van der Waals surface area contributed by atoms with Crippen LogP contribution in [0.2, 0.25) is 0 Å². The second kappa shape index (κ2) is 12.3. The number of carboxylic acid groups (broad SMARTS) is 1. The van der Waals surface area contributed by atoms with Gasteiger partial charge < -0.3 is 10.4 Å². The summed E-state index contributed by atoms with van der Waals surface area (Å²) in [6.07, 6.45) is -2.81. The van der Waals surface area contributed by atoms with Crippen molar-refractivity contribution in [3.05, 3.63) is 88.6 Å². The van der Waals surface area contributed by atoms with Gasteiger partial charge in [0.25, 0.3) is 11.1 Å². The lowest BCUT2D eigenvalue weighted by molar-refractivity contribution is -0.192. The average molecular weight is 765 g/mol. The van der Waals surface area contributed by atoms with Gasteiger partial charge in [-0.05, 0) is 78.8 Å². The van der Waals surface area contributed by atoms with Crippen LogP contribution in [0.15, 0.2) is 56.8 Å². The first-order chi connectivity index (χ1) is 20.8. The van der Waals surface area contributed by atoms with Gasteiger partial charge in [0.1, 0.15) is 17.0 Å². The lowest BCUT2D eigenvalue weighted by Gasteiger charge is -2.21. The molecule has 12 nitrogen and oxygen atoms in total. The minimum absolute atomic E-state index is 0.0364. The number of rotatable bonds is 6. The Bertz CT molecular complexity index is 2140. The SMILES string of the molecule is Cc1c(=O)n(C)c(Nc2ccc(I)cc2F)c2c(=O)n(C3CC3)c(=O)n(-c3cccc(NS(C)(=O)=O)c3)c12.O=C(O)C(F)(F)F. The molecule has 0 spiro atoms. The van der Waals surface area contributed by atoms with E-state index >= 15 is 0 Å². The van der Waals surface area contributed by atoms with E-state index in [4.69, 9.17) is 9.90 Å². The number of anilines is 3. The molecule has 0 radical (unpaired) electrons. The van der Waals surface area contributed by atoms with Gasteiger partial charge in [-0.2, -0.15) is 13.2 Å². The fourth-order valence-corrected chi connectivity index (χ4v) is 5.50. The van der Waals surface area contributed by atoms with Crippen molar-refractivity contribution >= 4 is 66.7 Å². The van der Waals surface area contributed by atoms with Crippen molar-refractivity contribution in [3.63, 3.8) is 0 Å². The monoisotopic (exact) mass is 765 g/mol. The fraction of sp³-hybridized carbons (Fsp3) is 0.259. The summed E-state index contributed by atoms with van der Waals surface area (Å²) in [6.45, 7) is 1.51. The molecule has 2 aromatic heterocycles. The molecule has 0 bridgehead atoms. The zero-order valence-electron chi connectivity index (χ0n) is 23.6. The molecule has 18 heteroatoms. The summed E-state index contributed by atoms with van der Waals surface area (Å²) in [6, 6.07) is 10.3. The molecule has 0 aliphatic heterocycles. The van der Waals surface area contributed by atoms with Crippen LogP contribution in [-0.4, -0.2) is 45.6 Å². The van der Waals surface area contributed by atoms with Gasteiger partial charge in [0.05, 0.1) is 28.8 Å². The van der Waals surface area contributed by atoms with Gasteiger partial charge in [-0.3, -0.25) is 28.0 Å². The third-order valence-electron chi connectivity index (χ3n) is 6.59. The van der Waals surface area contributed by atoms with Crippen molar-refractivity contribution in [3.8, 4) is 5.69 Å². The van der Waals surface area contributed by atoms with Crippen molar-refractivity contribution < 1.29 is 35.9 Å². The van der Waals surface area contributed by atoms with E-state index in [2.05, 4.69) is 10.0 Å². The largest absolute Gasteiger partial charge is 0.490 e. The van der Waals surface area contributed by atoms with E-state index in [9.17, 15) is 40.4 Å². The maximum Gasteiger partial charge on any atom is 0.490 e. The van der Waals surface area contributed by atoms with Crippen molar-refractivity contribution in [2.45, 2.75) is 32.0 Å². The second-order valence-corrected chi connectivity index (χ2v) is 13.1. The number of nitrogens with one attached hydrogen (secondary N) is 2. The zero-order valence-corrected chi connectivity index (χ0v) is 26.5. The maximum atomic E-state index is 14.8. The van der Waals surface area contributed by atoms with E-state index in [1.165, 1.54) is 47.4 Å². The minimum Gasteiger partial charge on any atom is -0.475 e. The van der Waals surface area contributed by atoms with E-state index in [-0.39, 0.29) is 45.4 Å². The van der Waals surface area contributed by atoms with E-state index in [1.54, 1.807) is 18.2 Å². The summed E-state index contributed by atoms with van der Waals surface area (Å²) in [4.78, 5) is 49.9. The third-order valence-corrected chi connectivity index (χ3v) is 7.87. The molecule has 1 aliphatic carbocycles. The van der Waals surface area contributed by atoms with Crippen molar-refractivity contribution in [2.24, 2.45) is 7.05 Å². The topological polar surface area (TPSA) is 161 Å². The van der Waals surface area contributed by atoms with E-state index in [0.717, 1.165) is 10.8 Å². The number of aliphatic carboxylic acids is 1. The molecule has 0 saturated heterocycles. The van der Waals surface area contributed by atoms with Crippen LogP contribution in [-0.2, 0) is 21.9 Å². The highest BCUT2D eigenvalue weighted by molar-refractivity contribution is 14.1. The summed E-state index contributed by atoms with van der Waals surface area (Å²) in [5.41, 5.74) is -1.03. The molecule has 0 unspecified atom stereocenters.